The monoisotopic (exact) mass is 861 g/mol. The van der Waals surface area contributed by atoms with Crippen LogP contribution in [0, 0.1) is 38.8 Å². The molecule has 0 amide bonds. The van der Waals surface area contributed by atoms with Crippen molar-refractivity contribution in [3.8, 4) is 22.6 Å². The fourth-order valence-corrected chi connectivity index (χ4v) is 9.45. The summed E-state index contributed by atoms with van der Waals surface area (Å²) < 4.78 is 9.84. The minimum atomic E-state index is -1.86. The first kappa shape index (κ1) is 34.7. The molecule has 243 valence electrons. The third kappa shape index (κ3) is 7.01. The number of benzene rings is 3. The summed E-state index contributed by atoms with van der Waals surface area (Å²) in [5.74, 6) is 8.84. The predicted octanol–water partition coefficient (Wildman–Crippen LogP) is 9.55. The van der Waals surface area contributed by atoms with Gasteiger partial charge in [-0.25, -0.2) is 4.98 Å². The maximum absolute atomic E-state index is 6.21. The van der Waals surface area contributed by atoms with Crippen LogP contribution in [0.4, 0.5) is 0 Å². The molecule has 0 aliphatic rings. The maximum Gasteiger partial charge on any atom is 0.216 e. The zero-order valence-corrected chi connectivity index (χ0v) is 33.2. The number of hydrogen-bond donors (Lipinski definition) is 0. The first-order valence-electron chi connectivity index (χ1n) is 16.0. The van der Waals surface area contributed by atoms with Crippen molar-refractivity contribution in [1.29, 1.82) is 0 Å². The summed E-state index contributed by atoms with van der Waals surface area (Å²) in [6, 6.07) is 29.3. The molecule has 0 saturated carbocycles. The predicted molar refractivity (Wildman–Crippen MR) is 194 cm³/mol. The second-order valence-corrected chi connectivity index (χ2v) is 24.3. The average Bonchev–Trinajstić information content (AvgIpc) is 3.55. The third-order valence-electron chi connectivity index (χ3n) is 8.60. The van der Waals surface area contributed by atoms with Crippen molar-refractivity contribution in [2.75, 3.05) is 0 Å². The van der Waals surface area contributed by atoms with Crippen LogP contribution in [0.2, 0.25) is 17.3 Å². The van der Waals surface area contributed by atoms with E-state index >= 15 is 0 Å². The second-order valence-electron chi connectivity index (χ2n) is 13.7. The smallest absolute Gasteiger partial charge is 0.216 e. The minimum Gasteiger partial charge on any atom is -0.486 e. The molecule has 7 rings (SSSR count). The zero-order valence-electron chi connectivity index (χ0n) is 28.7. The van der Waals surface area contributed by atoms with E-state index in [1.165, 1.54) is 5.56 Å². The number of para-hydroxylation sites is 2. The number of hydrogen-bond acceptors (Lipinski definition) is 4. The fourth-order valence-electron chi connectivity index (χ4n) is 6.11. The maximum atomic E-state index is 6.21. The van der Waals surface area contributed by atoms with Crippen LogP contribution in [0.15, 0.2) is 77.3 Å². The van der Waals surface area contributed by atoms with E-state index in [2.05, 4.69) is 97.1 Å². The average molecular weight is 860 g/mol. The van der Waals surface area contributed by atoms with Gasteiger partial charge in [0.05, 0.1) is 22.4 Å². The Morgan fingerprint density at radius 2 is 1.66 bits per heavy atom. The van der Waals surface area contributed by atoms with Crippen LogP contribution in [-0.2, 0) is 33.6 Å². The molecule has 47 heavy (non-hydrogen) atoms. The van der Waals surface area contributed by atoms with Crippen molar-refractivity contribution in [2.45, 2.75) is 58.3 Å². The van der Waals surface area contributed by atoms with Crippen LogP contribution in [0.1, 0.15) is 36.2 Å². The summed E-state index contributed by atoms with van der Waals surface area (Å²) in [6.45, 7) is 10.7. The number of furan rings is 1. The number of rotatable bonds is 5. The van der Waals surface area contributed by atoms with Crippen LogP contribution in [0.25, 0.3) is 55.7 Å². The Morgan fingerprint density at radius 3 is 2.34 bits per heavy atom. The van der Waals surface area contributed by atoms with Crippen molar-refractivity contribution in [2.24, 2.45) is 13.0 Å². The van der Waals surface area contributed by atoms with Gasteiger partial charge in [-0.05, 0) is 37.6 Å². The number of pyridine rings is 2. The first-order valence-corrected chi connectivity index (χ1v) is 23.4. The normalized spacial score (nSPS) is 11.6. The van der Waals surface area contributed by atoms with Crippen LogP contribution in [-0.4, -0.2) is 32.8 Å². The van der Waals surface area contributed by atoms with Gasteiger partial charge in [-0.1, -0.05) is 30.0 Å². The van der Waals surface area contributed by atoms with Crippen molar-refractivity contribution in [1.82, 2.24) is 19.5 Å². The number of fused-ring (bicyclic) bond motifs is 4. The molecule has 0 N–H and O–H groups in total. The van der Waals surface area contributed by atoms with Gasteiger partial charge in [-0.3, -0.25) is 4.98 Å². The van der Waals surface area contributed by atoms with E-state index in [-0.39, 0.29) is 20.1 Å². The SMILES string of the molecule is CC(C)Cc1cc(-c2[c-]cccc2)nc[c]1[Ge]([CH3])([CH3])[CH3].Cc1cc2c(nc1C)oc1c(-c3nc4ccccc4n3C)[c-]cc(C)c12.[Ir]. The minimum absolute atomic E-state index is 0. The quantitative estimate of drug-likeness (QED) is 0.128. The summed E-state index contributed by atoms with van der Waals surface area (Å²) in [5, 5.41) is 2.14. The number of nitrogens with zero attached hydrogens (tertiary/aromatic N) is 4. The molecule has 4 heterocycles. The Balaban J connectivity index is 0.000000188. The van der Waals surface area contributed by atoms with E-state index < -0.39 is 13.3 Å². The molecule has 0 saturated heterocycles. The molecule has 5 nitrogen and oxygen atoms in total. The molecule has 0 aliphatic carbocycles. The van der Waals surface area contributed by atoms with Gasteiger partial charge >= 0.3 is 126 Å². The number of aromatic nitrogens is 4. The van der Waals surface area contributed by atoms with Gasteiger partial charge in [-0.2, -0.15) is 0 Å². The summed E-state index contributed by atoms with van der Waals surface area (Å²) >= 11 is -1.86. The number of imidazole rings is 1. The van der Waals surface area contributed by atoms with E-state index in [4.69, 9.17) is 14.4 Å². The number of aryl methyl sites for hydroxylation is 4. The van der Waals surface area contributed by atoms with Crippen LogP contribution >= 0.6 is 0 Å². The van der Waals surface area contributed by atoms with E-state index in [1.807, 2.05) is 56.4 Å². The van der Waals surface area contributed by atoms with Crippen molar-refractivity contribution >= 4 is 50.8 Å². The van der Waals surface area contributed by atoms with Crippen LogP contribution in [0.5, 0.6) is 0 Å². The van der Waals surface area contributed by atoms with Gasteiger partial charge in [-0.15, -0.1) is 17.7 Å². The molecular weight excluding hydrogens is 817 g/mol. The largest absolute Gasteiger partial charge is 0.486 e. The molecule has 0 unspecified atom stereocenters. The van der Waals surface area contributed by atoms with Gasteiger partial charge in [0.2, 0.25) is 5.71 Å². The molecular formula is C40H42GeIrN4O-2. The molecule has 7 heteroatoms. The molecule has 0 aliphatic heterocycles. The topological polar surface area (TPSA) is 56.7 Å². The van der Waals surface area contributed by atoms with E-state index in [1.54, 1.807) is 4.40 Å². The van der Waals surface area contributed by atoms with Gasteiger partial charge < -0.3 is 8.98 Å². The molecule has 0 bridgehead atoms. The van der Waals surface area contributed by atoms with Crippen molar-refractivity contribution in [3.05, 3.63) is 107 Å². The summed E-state index contributed by atoms with van der Waals surface area (Å²) in [6.07, 6.45) is 3.27. The van der Waals surface area contributed by atoms with E-state index in [0.29, 0.717) is 11.6 Å². The standard InChI is InChI=1S/C22H18N3O.C18H24GeN.Ir/c1-12-9-10-15(21-24-17-7-5-6-8-18(17)25(21)4)20-19(12)16-11-13(2)14(3)23-22(16)26-20;1-14(2)11-16-12-18(15-9-7-6-8-10-15)20-13-17(16)19(3,4)5;/h5-9,11H,1-4H3;6-9,12-14H,11H2,1-5H3;/q2*-1;. The molecule has 1 radical (unpaired) electrons. The molecule has 3 aromatic carbocycles. The Hall–Kier alpha value is -3.58. The first-order chi connectivity index (χ1) is 21.9. The Morgan fingerprint density at radius 1 is 0.915 bits per heavy atom. The summed E-state index contributed by atoms with van der Waals surface area (Å²) in [4.78, 5) is 14.2. The van der Waals surface area contributed by atoms with Gasteiger partial charge in [0.15, 0.2) is 0 Å². The van der Waals surface area contributed by atoms with Gasteiger partial charge in [0, 0.05) is 38.2 Å². The van der Waals surface area contributed by atoms with Crippen molar-refractivity contribution in [3.63, 3.8) is 0 Å². The second kappa shape index (κ2) is 13.9. The molecule has 7 aromatic rings. The molecule has 0 fully saturated rings. The Kier molecular flexibility index (Phi) is 10.3. The third-order valence-corrected chi connectivity index (χ3v) is 12.9. The Labute approximate surface area is 294 Å². The zero-order chi connectivity index (χ0) is 32.7. The summed E-state index contributed by atoms with van der Waals surface area (Å²) in [5.41, 5.74) is 11.3. The van der Waals surface area contributed by atoms with Crippen LogP contribution in [0.3, 0.4) is 0 Å². The van der Waals surface area contributed by atoms with E-state index in [9.17, 15) is 0 Å². The molecule has 0 atom stereocenters. The Bertz CT molecular complexity index is 2190. The van der Waals surface area contributed by atoms with E-state index in [0.717, 1.165) is 73.3 Å². The summed E-state index contributed by atoms with van der Waals surface area (Å²) in [7, 11) is 2.03. The van der Waals surface area contributed by atoms with Crippen molar-refractivity contribution < 1.29 is 24.5 Å². The fraction of sp³-hybridized carbons (Fsp3) is 0.275. The van der Waals surface area contributed by atoms with Gasteiger partial charge in [0.25, 0.3) is 0 Å². The molecule has 4 aromatic heterocycles. The van der Waals surface area contributed by atoms with Gasteiger partial charge in [0.1, 0.15) is 0 Å². The molecule has 0 spiro atoms. The van der Waals surface area contributed by atoms with Crippen LogP contribution < -0.4 is 4.40 Å².